The zero-order chi connectivity index (χ0) is 20.0. The number of carbonyl (C=O) groups is 4. The summed E-state index contributed by atoms with van der Waals surface area (Å²) in [5.41, 5.74) is -0.226. The number of fused-ring (bicyclic) bond motifs is 1. The predicted molar refractivity (Wildman–Crippen MR) is 93.4 cm³/mol. The molecule has 0 spiro atoms. The number of rotatable bonds is 3. The quantitative estimate of drug-likeness (QED) is 0.617. The van der Waals surface area contributed by atoms with Gasteiger partial charge < -0.3 is 14.6 Å². The topological polar surface area (TPSA) is 86.8 Å². The summed E-state index contributed by atoms with van der Waals surface area (Å²) in [5.74, 6) is -3.38. The van der Waals surface area contributed by atoms with Crippen molar-refractivity contribution in [2.24, 2.45) is 5.92 Å². The van der Waals surface area contributed by atoms with Gasteiger partial charge in [0.25, 0.3) is 5.91 Å². The van der Waals surface area contributed by atoms with Gasteiger partial charge >= 0.3 is 0 Å². The van der Waals surface area contributed by atoms with Gasteiger partial charge in [0, 0.05) is 31.0 Å². The molecule has 0 radical (unpaired) electrons. The Bertz CT molecular complexity index is 880. The van der Waals surface area contributed by atoms with E-state index in [1.165, 1.54) is 4.90 Å². The van der Waals surface area contributed by atoms with Gasteiger partial charge in [-0.05, 0) is 25.3 Å². The summed E-state index contributed by atoms with van der Waals surface area (Å²) in [4.78, 5) is 49.7. The van der Waals surface area contributed by atoms with Crippen LogP contribution in [0, 0.1) is 17.6 Å². The molecule has 3 heterocycles. The SMILES string of the molecule is O=CC1CCN(c2c(F)cc3c(c2F)CN(C2CCC(=O)NC2=O)C3=O)CC1. The molecule has 4 rings (SSSR count). The first-order valence-electron chi connectivity index (χ1n) is 9.26. The summed E-state index contributed by atoms with van der Waals surface area (Å²) in [7, 11) is 0. The van der Waals surface area contributed by atoms with Gasteiger partial charge in [-0.15, -0.1) is 0 Å². The maximum atomic E-state index is 15.2. The van der Waals surface area contributed by atoms with Gasteiger partial charge in [0.05, 0.1) is 12.1 Å². The van der Waals surface area contributed by atoms with E-state index in [2.05, 4.69) is 5.32 Å². The maximum Gasteiger partial charge on any atom is 0.255 e. The molecule has 1 unspecified atom stereocenters. The highest BCUT2D eigenvalue weighted by Gasteiger charge is 2.41. The number of hydrogen-bond acceptors (Lipinski definition) is 5. The minimum absolute atomic E-state index is 0.0589. The van der Waals surface area contributed by atoms with E-state index in [1.54, 1.807) is 4.90 Å². The number of amides is 3. The molecular formula is C19H19F2N3O4. The van der Waals surface area contributed by atoms with Crippen molar-refractivity contribution in [3.8, 4) is 0 Å². The Kier molecular flexibility index (Phi) is 4.60. The number of hydrogen-bond donors (Lipinski definition) is 1. The fourth-order valence-corrected chi connectivity index (χ4v) is 4.17. The molecule has 0 bridgehead atoms. The fraction of sp³-hybridized carbons (Fsp3) is 0.474. The molecule has 1 aromatic rings. The fourth-order valence-electron chi connectivity index (χ4n) is 4.17. The monoisotopic (exact) mass is 391 g/mol. The van der Waals surface area contributed by atoms with E-state index in [9.17, 15) is 23.6 Å². The summed E-state index contributed by atoms with van der Waals surface area (Å²) in [6.07, 6.45) is 2.13. The minimum Gasteiger partial charge on any atom is -0.367 e. The number of benzene rings is 1. The van der Waals surface area contributed by atoms with E-state index >= 15 is 4.39 Å². The van der Waals surface area contributed by atoms with Crippen molar-refractivity contribution in [1.82, 2.24) is 10.2 Å². The number of aldehydes is 1. The molecule has 1 atom stereocenters. The Morgan fingerprint density at radius 1 is 1.11 bits per heavy atom. The second kappa shape index (κ2) is 6.96. The number of piperidine rings is 2. The molecule has 0 saturated carbocycles. The summed E-state index contributed by atoms with van der Waals surface area (Å²) in [6.45, 7) is 0.548. The summed E-state index contributed by atoms with van der Waals surface area (Å²) in [6, 6.07) is 0.139. The number of nitrogens with zero attached hydrogens (tertiary/aromatic N) is 2. The molecule has 7 nitrogen and oxygen atoms in total. The van der Waals surface area contributed by atoms with Crippen LogP contribution in [-0.2, 0) is 20.9 Å². The highest BCUT2D eigenvalue weighted by Crippen LogP contribution is 2.36. The number of imide groups is 1. The van der Waals surface area contributed by atoms with Crippen LogP contribution in [0.5, 0.6) is 0 Å². The molecule has 1 aromatic carbocycles. The molecular weight excluding hydrogens is 372 g/mol. The van der Waals surface area contributed by atoms with Crippen LogP contribution in [0.25, 0.3) is 0 Å². The predicted octanol–water partition coefficient (Wildman–Crippen LogP) is 1.14. The summed E-state index contributed by atoms with van der Waals surface area (Å²) >= 11 is 0. The molecule has 3 amide bonds. The van der Waals surface area contributed by atoms with Crippen molar-refractivity contribution in [1.29, 1.82) is 0 Å². The van der Waals surface area contributed by atoms with Crippen molar-refractivity contribution < 1.29 is 28.0 Å². The van der Waals surface area contributed by atoms with Crippen molar-refractivity contribution in [3.05, 3.63) is 28.8 Å². The average Bonchev–Trinajstić information content (AvgIpc) is 2.99. The van der Waals surface area contributed by atoms with Gasteiger partial charge in [-0.1, -0.05) is 0 Å². The van der Waals surface area contributed by atoms with E-state index in [0.29, 0.717) is 25.9 Å². The lowest BCUT2D eigenvalue weighted by molar-refractivity contribution is -0.137. The van der Waals surface area contributed by atoms with Crippen LogP contribution >= 0.6 is 0 Å². The van der Waals surface area contributed by atoms with Crippen LogP contribution in [0.4, 0.5) is 14.5 Å². The van der Waals surface area contributed by atoms with E-state index in [0.717, 1.165) is 12.4 Å². The Morgan fingerprint density at radius 2 is 1.82 bits per heavy atom. The molecule has 3 aliphatic heterocycles. The first kappa shape index (κ1) is 18.5. The summed E-state index contributed by atoms with van der Waals surface area (Å²) in [5, 5.41) is 2.18. The third-order valence-corrected chi connectivity index (χ3v) is 5.75. The first-order valence-corrected chi connectivity index (χ1v) is 9.26. The molecule has 0 aliphatic carbocycles. The van der Waals surface area contributed by atoms with Crippen LogP contribution in [0.1, 0.15) is 41.6 Å². The minimum atomic E-state index is -0.883. The van der Waals surface area contributed by atoms with Gasteiger partial charge in [0.1, 0.15) is 23.8 Å². The zero-order valence-corrected chi connectivity index (χ0v) is 15.0. The molecule has 9 heteroatoms. The second-order valence-electron chi connectivity index (χ2n) is 7.41. The van der Waals surface area contributed by atoms with Crippen molar-refractivity contribution >= 4 is 29.7 Å². The van der Waals surface area contributed by atoms with Crippen LogP contribution in [-0.4, -0.2) is 48.0 Å². The van der Waals surface area contributed by atoms with Crippen LogP contribution in [0.3, 0.4) is 0 Å². The molecule has 1 N–H and O–H groups in total. The van der Waals surface area contributed by atoms with Crippen LogP contribution < -0.4 is 10.2 Å². The third kappa shape index (κ3) is 2.94. The lowest BCUT2D eigenvalue weighted by atomic mass is 9.97. The normalized spacial score (nSPS) is 23.1. The number of nitrogens with one attached hydrogen (secondary N) is 1. The van der Waals surface area contributed by atoms with Gasteiger partial charge in [-0.25, -0.2) is 8.78 Å². The number of halogens is 2. The number of anilines is 1. The Balaban J connectivity index is 1.62. The highest BCUT2D eigenvalue weighted by molar-refractivity contribution is 6.05. The lowest BCUT2D eigenvalue weighted by Gasteiger charge is -2.32. The Labute approximate surface area is 159 Å². The maximum absolute atomic E-state index is 15.2. The molecule has 3 aliphatic rings. The van der Waals surface area contributed by atoms with E-state index in [4.69, 9.17) is 0 Å². The van der Waals surface area contributed by atoms with Crippen LogP contribution in [0.15, 0.2) is 6.07 Å². The first-order chi connectivity index (χ1) is 13.4. The third-order valence-electron chi connectivity index (χ3n) is 5.75. The van der Waals surface area contributed by atoms with E-state index < -0.39 is 35.4 Å². The Hall–Kier alpha value is -2.84. The molecule has 2 fully saturated rings. The molecule has 148 valence electrons. The van der Waals surface area contributed by atoms with Gasteiger partial charge in [0.2, 0.25) is 11.8 Å². The molecule has 0 aromatic heterocycles. The zero-order valence-electron chi connectivity index (χ0n) is 15.0. The molecule has 28 heavy (non-hydrogen) atoms. The lowest BCUT2D eigenvalue weighted by Crippen LogP contribution is -2.52. The summed E-state index contributed by atoms with van der Waals surface area (Å²) < 4.78 is 29.9. The second-order valence-corrected chi connectivity index (χ2v) is 7.41. The highest BCUT2D eigenvalue weighted by atomic mass is 19.1. The van der Waals surface area contributed by atoms with E-state index in [1.807, 2.05) is 0 Å². The Morgan fingerprint density at radius 3 is 2.46 bits per heavy atom. The number of carbonyl (C=O) groups excluding carboxylic acids is 4. The van der Waals surface area contributed by atoms with Gasteiger partial charge in [-0.2, -0.15) is 0 Å². The average molecular weight is 391 g/mol. The van der Waals surface area contributed by atoms with Gasteiger partial charge in [-0.3, -0.25) is 19.7 Å². The standard InChI is InChI=1S/C19H19F2N3O4/c20-13-7-11-12(16(21)17(13)23-5-3-10(9-25)4-6-23)8-24(19(11)28)14-1-2-15(26)22-18(14)27/h7,9-10,14H,1-6,8H2,(H,22,26,27). The smallest absolute Gasteiger partial charge is 0.255 e. The van der Waals surface area contributed by atoms with Gasteiger partial charge in [0.15, 0.2) is 5.82 Å². The largest absolute Gasteiger partial charge is 0.367 e. The van der Waals surface area contributed by atoms with Crippen molar-refractivity contribution in [2.45, 2.75) is 38.3 Å². The van der Waals surface area contributed by atoms with E-state index in [-0.39, 0.29) is 42.1 Å². The van der Waals surface area contributed by atoms with Crippen molar-refractivity contribution in [3.63, 3.8) is 0 Å². The molecule has 2 saturated heterocycles. The van der Waals surface area contributed by atoms with Crippen LogP contribution in [0.2, 0.25) is 0 Å². The van der Waals surface area contributed by atoms with Crippen molar-refractivity contribution in [2.75, 3.05) is 18.0 Å².